The first-order valence-electron chi connectivity index (χ1n) is 23.5. The number of allylic oxidation sites excluding steroid dienone is 10. The molecular weight excluding hydrogens is 663 g/mol. The standard InChI is InChI=1S/C50H91NO3/c1-3-5-7-9-11-13-15-17-19-20-21-22-23-24-25-26-27-28-29-30-32-34-36-38-40-42-44-46-50(54)51-48(47-52)49(53)45-43-41-39-37-35-33-31-18-16-14-12-10-8-6-4-2/h5,7,11,13,17,19,21-22,24-25,48-49,52-53H,3-4,6,8-10,12,14-16,18,20,23,26-47H2,1-2H3,(H,51,54)/b7-5-,13-11-,19-17-,22-21-,25-24-. The number of nitrogens with one attached hydrogen (secondary N) is 1. The summed E-state index contributed by atoms with van der Waals surface area (Å²) in [6.07, 6.45) is 63.0. The second-order valence-electron chi connectivity index (χ2n) is 15.8. The molecule has 0 saturated carbocycles. The molecule has 0 fully saturated rings. The van der Waals surface area contributed by atoms with E-state index in [9.17, 15) is 15.0 Å². The van der Waals surface area contributed by atoms with Crippen LogP contribution < -0.4 is 5.32 Å². The van der Waals surface area contributed by atoms with E-state index in [1.54, 1.807) is 0 Å². The van der Waals surface area contributed by atoms with E-state index in [0.717, 1.165) is 57.8 Å². The molecule has 0 heterocycles. The van der Waals surface area contributed by atoms with Crippen LogP contribution in [0.25, 0.3) is 0 Å². The zero-order chi connectivity index (χ0) is 39.3. The molecule has 3 N–H and O–H groups in total. The van der Waals surface area contributed by atoms with E-state index < -0.39 is 12.1 Å². The third-order valence-electron chi connectivity index (χ3n) is 10.5. The second kappa shape index (κ2) is 45.5. The molecule has 0 aliphatic rings. The molecule has 54 heavy (non-hydrogen) atoms. The summed E-state index contributed by atoms with van der Waals surface area (Å²) in [5.41, 5.74) is 0. The van der Waals surface area contributed by atoms with Crippen molar-refractivity contribution in [3.8, 4) is 0 Å². The Bertz CT molecular complexity index is 904. The Morgan fingerprint density at radius 1 is 0.463 bits per heavy atom. The maximum atomic E-state index is 12.4. The maximum Gasteiger partial charge on any atom is 0.220 e. The van der Waals surface area contributed by atoms with E-state index >= 15 is 0 Å². The highest BCUT2D eigenvalue weighted by Crippen LogP contribution is 2.16. The van der Waals surface area contributed by atoms with Gasteiger partial charge in [-0.3, -0.25) is 4.79 Å². The largest absolute Gasteiger partial charge is 0.394 e. The number of hydrogen-bond acceptors (Lipinski definition) is 3. The van der Waals surface area contributed by atoms with Gasteiger partial charge >= 0.3 is 0 Å². The number of aliphatic hydroxyl groups is 2. The SMILES string of the molecule is CC/C=C\C/C=C\C/C=C\C/C=C\C/C=C\CCCCCCCCCCCCCC(=O)NC(CO)C(O)CCCCCCCCCCCCCCCCC. The first-order chi connectivity index (χ1) is 26.7. The molecule has 4 heteroatoms. The number of aliphatic hydroxyl groups excluding tert-OH is 2. The van der Waals surface area contributed by atoms with Gasteiger partial charge in [0, 0.05) is 6.42 Å². The van der Waals surface area contributed by atoms with Crippen LogP contribution in [0.15, 0.2) is 60.8 Å². The number of rotatable bonds is 42. The molecule has 0 saturated heterocycles. The molecule has 2 unspecified atom stereocenters. The van der Waals surface area contributed by atoms with E-state index in [0.29, 0.717) is 12.8 Å². The third kappa shape index (κ3) is 41.3. The van der Waals surface area contributed by atoms with Gasteiger partial charge in [0.25, 0.3) is 0 Å². The van der Waals surface area contributed by atoms with Crippen molar-refractivity contribution in [2.75, 3.05) is 6.61 Å². The average molecular weight is 754 g/mol. The highest BCUT2D eigenvalue weighted by Gasteiger charge is 2.20. The molecule has 0 aliphatic heterocycles. The number of amides is 1. The molecule has 2 atom stereocenters. The molecule has 0 aliphatic carbocycles. The lowest BCUT2D eigenvalue weighted by Crippen LogP contribution is -2.45. The van der Waals surface area contributed by atoms with Gasteiger partial charge in [-0.2, -0.15) is 0 Å². The molecule has 0 spiro atoms. The van der Waals surface area contributed by atoms with Crippen molar-refractivity contribution in [2.24, 2.45) is 0 Å². The summed E-state index contributed by atoms with van der Waals surface area (Å²) in [5, 5.41) is 23.2. The molecule has 0 aromatic heterocycles. The Labute approximate surface area is 336 Å². The van der Waals surface area contributed by atoms with Gasteiger partial charge in [0.1, 0.15) is 0 Å². The minimum Gasteiger partial charge on any atom is -0.394 e. The average Bonchev–Trinajstić information content (AvgIpc) is 3.18. The molecule has 1 amide bonds. The second-order valence-corrected chi connectivity index (χ2v) is 15.8. The van der Waals surface area contributed by atoms with Crippen LogP contribution in [0.5, 0.6) is 0 Å². The Morgan fingerprint density at radius 2 is 0.815 bits per heavy atom. The molecule has 0 rings (SSSR count). The van der Waals surface area contributed by atoms with Crippen molar-refractivity contribution in [3.05, 3.63) is 60.8 Å². The zero-order valence-electron chi connectivity index (χ0n) is 36.0. The lowest BCUT2D eigenvalue weighted by atomic mass is 10.0. The first-order valence-corrected chi connectivity index (χ1v) is 23.5. The topological polar surface area (TPSA) is 69.6 Å². The van der Waals surface area contributed by atoms with Gasteiger partial charge in [-0.1, -0.05) is 229 Å². The number of carbonyl (C=O) groups excluding carboxylic acids is 1. The fraction of sp³-hybridized carbons (Fsp3) is 0.780. The maximum absolute atomic E-state index is 12.4. The predicted octanol–water partition coefficient (Wildman–Crippen LogP) is 14.9. The summed E-state index contributed by atoms with van der Waals surface area (Å²) in [6.45, 7) is 4.25. The van der Waals surface area contributed by atoms with Crippen molar-refractivity contribution in [1.82, 2.24) is 5.32 Å². The molecule has 314 valence electrons. The molecule has 4 nitrogen and oxygen atoms in total. The van der Waals surface area contributed by atoms with Crippen molar-refractivity contribution < 1.29 is 15.0 Å². The van der Waals surface area contributed by atoms with E-state index in [1.165, 1.54) is 148 Å². The van der Waals surface area contributed by atoms with Crippen LogP contribution in [0.3, 0.4) is 0 Å². The summed E-state index contributed by atoms with van der Waals surface area (Å²) < 4.78 is 0. The van der Waals surface area contributed by atoms with Gasteiger partial charge in [0.05, 0.1) is 18.8 Å². The van der Waals surface area contributed by atoms with Crippen LogP contribution in [-0.2, 0) is 4.79 Å². The minimum atomic E-state index is -0.662. The van der Waals surface area contributed by atoms with E-state index in [2.05, 4.69) is 79.9 Å². The van der Waals surface area contributed by atoms with E-state index in [-0.39, 0.29) is 12.5 Å². The molecule has 0 aromatic rings. The lowest BCUT2D eigenvalue weighted by Gasteiger charge is -2.22. The quantitative estimate of drug-likeness (QED) is 0.0429. The summed E-state index contributed by atoms with van der Waals surface area (Å²) >= 11 is 0. The van der Waals surface area contributed by atoms with Crippen LogP contribution in [-0.4, -0.2) is 34.9 Å². The molecule has 0 radical (unpaired) electrons. The number of unbranched alkanes of at least 4 members (excludes halogenated alkanes) is 25. The van der Waals surface area contributed by atoms with Gasteiger partial charge < -0.3 is 15.5 Å². The van der Waals surface area contributed by atoms with Crippen molar-refractivity contribution >= 4 is 5.91 Å². The molecular formula is C50H91NO3. The fourth-order valence-electron chi connectivity index (χ4n) is 6.98. The highest BCUT2D eigenvalue weighted by atomic mass is 16.3. The van der Waals surface area contributed by atoms with Crippen molar-refractivity contribution in [3.63, 3.8) is 0 Å². The van der Waals surface area contributed by atoms with Gasteiger partial charge in [-0.15, -0.1) is 0 Å². The number of carbonyl (C=O) groups is 1. The van der Waals surface area contributed by atoms with Crippen LogP contribution in [0.4, 0.5) is 0 Å². The van der Waals surface area contributed by atoms with Gasteiger partial charge in [0.15, 0.2) is 0 Å². The lowest BCUT2D eigenvalue weighted by molar-refractivity contribution is -0.123. The molecule has 0 bridgehead atoms. The van der Waals surface area contributed by atoms with Crippen LogP contribution in [0, 0.1) is 0 Å². The van der Waals surface area contributed by atoms with Gasteiger partial charge in [-0.25, -0.2) is 0 Å². The summed E-state index contributed by atoms with van der Waals surface area (Å²) in [5.74, 6) is -0.0362. The minimum absolute atomic E-state index is 0.0362. The first kappa shape index (κ1) is 52.1. The smallest absolute Gasteiger partial charge is 0.220 e. The van der Waals surface area contributed by atoms with Crippen LogP contribution in [0.2, 0.25) is 0 Å². The molecule has 0 aromatic carbocycles. The third-order valence-corrected chi connectivity index (χ3v) is 10.5. The highest BCUT2D eigenvalue weighted by molar-refractivity contribution is 5.76. The van der Waals surface area contributed by atoms with Gasteiger partial charge in [-0.05, 0) is 57.8 Å². The predicted molar refractivity (Wildman–Crippen MR) is 239 cm³/mol. The Morgan fingerprint density at radius 3 is 1.22 bits per heavy atom. The summed E-state index contributed by atoms with van der Waals surface area (Å²) in [4.78, 5) is 12.4. The van der Waals surface area contributed by atoms with Crippen molar-refractivity contribution in [2.45, 2.75) is 244 Å². The Kier molecular flexibility index (Phi) is 43.9. The zero-order valence-corrected chi connectivity index (χ0v) is 36.0. The summed E-state index contributed by atoms with van der Waals surface area (Å²) in [6, 6.07) is -0.540. The van der Waals surface area contributed by atoms with Gasteiger partial charge in [0.2, 0.25) is 5.91 Å². The van der Waals surface area contributed by atoms with E-state index in [4.69, 9.17) is 0 Å². The Balaban J connectivity index is 3.53. The summed E-state index contributed by atoms with van der Waals surface area (Å²) in [7, 11) is 0. The van der Waals surface area contributed by atoms with Crippen LogP contribution in [0.1, 0.15) is 232 Å². The van der Waals surface area contributed by atoms with Crippen molar-refractivity contribution in [1.29, 1.82) is 0 Å². The Hall–Kier alpha value is -1.91. The normalized spacial score (nSPS) is 13.5. The van der Waals surface area contributed by atoms with Crippen LogP contribution >= 0.6 is 0 Å². The number of hydrogen-bond donors (Lipinski definition) is 3. The monoisotopic (exact) mass is 754 g/mol. The fourth-order valence-corrected chi connectivity index (χ4v) is 6.98. The van der Waals surface area contributed by atoms with E-state index in [1.807, 2.05) is 0 Å².